The van der Waals surface area contributed by atoms with Gasteiger partial charge in [0.05, 0.1) is 0 Å². The minimum absolute atomic E-state index is 0. The van der Waals surface area contributed by atoms with Crippen molar-refractivity contribution in [2.24, 2.45) is 0 Å². The first-order valence-corrected chi connectivity index (χ1v) is 6.75. The molecule has 1 aliphatic heterocycles. The van der Waals surface area contributed by atoms with Crippen molar-refractivity contribution in [2.75, 3.05) is 6.54 Å². The molecule has 3 rings (SSSR count). The minimum atomic E-state index is 0. The summed E-state index contributed by atoms with van der Waals surface area (Å²) >= 11 is 0. The van der Waals surface area contributed by atoms with E-state index < -0.39 is 0 Å². The Morgan fingerprint density at radius 3 is 2.20 bits per heavy atom. The largest absolute Gasteiger partial charge is 0.295 e. The highest BCUT2D eigenvalue weighted by Crippen LogP contribution is 2.19. The standard InChI is InChI=1S/C17H19N.2ClH/c1-2-7-15(8-3-1)13-18-12-6-11-16-9-4-5-10-17(16)14-18;;/h1-5,7-10H,6,11-14H2;2*1H. The third kappa shape index (κ3) is 4.24. The number of fused-ring (bicyclic) bond motifs is 1. The predicted molar refractivity (Wildman–Crippen MR) is 89.8 cm³/mol. The fourth-order valence-corrected chi connectivity index (χ4v) is 2.75. The quantitative estimate of drug-likeness (QED) is 0.790. The van der Waals surface area contributed by atoms with Gasteiger partial charge in [-0.2, -0.15) is 0 Å². The van der Waals surface area contributed by atoms with E-state index in [9.17, 15) is 0 Å². The second-order valence-electron chi connectivity index (χ2n) is 5.07. The van der Waals surface area contributed by atoms with Gasteiger partial charge in [0.2, 0.25) is 0 Å². The van der Waals surface area contributed by atoms with Crippen LogP contribution >= 0.6 is 24.8 Å². The average molecular weight is 310 g/mol. The van der Waals surface area contributed by atoms with E-state index in [1.54, 1.807) is 0 Å². The number of aryl methyl sites for hydroxylation is 1. The number of benzene rings is 2. The van der Waals surface area contributed by atoms with Crippen LogP contribution in [0.4, 0.5) is 0 Å². The van der Waals surface area contributed by atoms with Crippen molar-refractivity contribution in [1.29, 1.82) is 0 Å². The Bertz CT molecular complexity index is 513. The van der Waals surface area contributed by atoms with Crippen LogP contribution in [0.25, 0.3) is 0 Å². The van der Waals surface area contributed by atoms with E-state index in [1.807, 2.05) is 0 Å². The second kappa shape index (κ2) is 8.31. The Hall–Kier alpha value is -1.02. The molecular formula is C17H21Cl2N. The molecule has 1 nitrogen and oxygen atoms in total. The van der Waals surface area contributed by atoms with Gasteiger partial charge >= 0.3 is 0 Å². The molecule has 3 heteroatoms. The monoisotopic (exact) mass is 309 g/mol. The van der Waals surface area contributed by atoms with Gasteiger partial charge in [-0.25, -0.2) is 0 Å². The van der Waals surface area contributed by atoms with Crippen LogP contribution in [-0.4, -0.2) is 11.4 Å². The van der Waals surface area contributed by atoms with Gasteiger partial charge in [0, 0.05) is 13.1 Å². The molecule has 0 aliphatic carbocycles. The van der Waals surface area contributed by atoms with Crippen LogP contribution in [-0.2, 0) is 19.5 Å². The number of hydrogen-bond acceptors (Lipinski definition) is 1. The fraction of sp³-hybridized carbons (Fsp3) is 0.294. The molecule has 0 aromatic heterocycles. The Kier molecular flexibility index (Phi) is 7.08. The topological polar surface area (TPSA) is 3.24 Å². The zero-order valence-electron chi connectivity index (χ0n) is 11.5. The van der Waals surface area contributed by atoms with Gasteiger partial charge in [0.25, 0.3) is 0 Å². The van der Waals surface area contributed by atoms with Crippen molar-refractivity contribution in [1.82, 2.24) is 4.90 Å². The van der Waals surface area contributed by atoms with Crippen molar-refractivity contribution >= 4 is 24.8 Å². The van der Waals surface area contributed by atoms with E-state index in [0.29, 0.717) is 0 Å². The molecule has 0 N–H and O–H groups in total. The molecule has 2 aromatic rings. The van der Waals surface area contributed by atoms with Crippen LogP contribution < -0.4 is 0 Å². The van der Waals surface area contributed by atoms with Crippen molar-refractivity contribution in [3.8, 4) is 0 Å². The second-order valence-corrected chi connectivity index (χ2v) is 5.07. The van der Waals surface area contributed by atoms with Gasteiger partial charge in [-0.1, -0.05) is 54.6 Å². The Labute approximate surface area is 133 Å². The molecule has 0 spiro atoms. The first kappa shape index (κ1) is 17.0. The highest BCUT2D eigenvalue weighted by Gasteiger charge is 2.13. The maximum Gasteiger partial charge on any atom is 0.0240 e. The lowest BCUT2D eigenvalue weighted by Gasteiger charge is -2.20. The van der Waals surface area contributed by atoms with E-state index >= 15 is 0 Å². The smallest absolute Gasteiger partial charge is 0.0240 e. The Balaban J connectivity index is 0.000001000. The van der Waals surface area contributed by atoms with E-state index in [4.69, 9.17) is 0 Å². The lowest BCUT2D eigenvalue weighted by Crippen LogP contribution is -2.22. The summed E-state index contributed by atoms with van der Waals surface area (Å²) in [5.74, 6) is 0. The maximum absolute atomic E-state index is 2.56. The molecule has 0 bridgehead atoms. The van der Waals surface area contributed by atoms with Gasteiger partial charge in [0.15, 0.2) is 0 Å². The molecule has 0 fully saturated rings. The van der Waals surface area contributed by atoms with Gasteiger partial charge in [-0.3, -0.25) is 4.90 Å². The molecule has 1 aliphatic rings. The van der Waals surface area contributed by atoms with Crippen molar-refractivity contribution < 1.29 is 0 Å². The summed E-state index contributed by atoms with van der Waals surface area (Å²) in [6.07, 6.45) is 2.49. The van der Waals surface area contributed by atoms with Crippen LogP contribution in [0.3, 0.4) is 0 Å². The van der Waals surface area contributed by atoms with Crippen LogP contribution in [0, 0.1) is 0 Å². The lowest BCUT2D eigenvalue weighted by molar-refractivity contribution is 0.261. The predicted octanol–water partition coefficient (Wildman–Crippen LogP) is 4.48. The van der Waals surface area contributed by atoms with Gasteiger partial charge in [-0.15, -0.1) is 24.8 Å². The zero-order chi connectivity index (χ0) is 12.2. The third-order valence-electron chi connectivity index (χ3n) is 3.68. The molecule has 0 saturated carbocycles. The summed E-state index contributed by atoms with van der Waals surface area (Å²) in [5.41, 5.74) is 4.45. The first-order chi connectivity index (χ1) is 8.92. The van der Waals surface area contributed by atoms with Gasteiger partial charge < -0.3 is 0 Å². The first-order valence-electron chi connectivity index (χ1n) is 6.75. The van der Waals surface area contributed by atoms with E-state index in [2.05, 4.69) is 59.5 Å². The van der Waals surface area contributed by atoms with E-state index in [-0.39, 0.29) is 24.8 Å². The van der Waals surface area contributed by atoms with E-state index in [1.165, 1.54) is 36.1 Å². The summed E-state index contributed by atoms with van der Waals surface area (Å²) in [6, 6.07) is 19.6. The molecule has 0 amide bonds. The summed E-state index contributed by atoms with van der Waals surface area (Å²) in [5, 5.41) is 0. The summed E-state index contributed by atoms with van der Waals surface area (Å²) in [7, 11) is 0. The summed E-state index contributed by atoms with van der Waals surface area (Å²) in [4.78, 5) is 2.56. The number of nitrogens with zero attached hydrogens (tertiary/aromatic N) is 1. The molecule has 2 aromatic carbocycles. The molecular weight excluding hydrogens is 289 g/mol. The highest BCUT2D eigenvalue weighted by atomic mass is 35.5. The zero-order valence-corrected chi connectivity index (χ0v) is 13.1. The lowest BCUT2D eigenvalue weighted by atomic mass is 10.0. The van der Waals surface area contributed by atoms with Crippen LogP contribution in [0.15, 0.2) is 54.6 Å². The van der Waals surface area contributed by atoms with Crippen molar-refractivity contribution in [2.45, 2.75) is 25.9 Å². The fourth-order valence-electron chi connectivity index (χ4n) is 2.75. The number of rotatable bonds is 2. The third-order valence-corrected chi connectivity index (χ3v) is 3.68. The summed E-state index contributed by atoms with van der Waals surface area (Å²) in [6.45, 7) is 3.35. The van der Waals surface area contributed by atoms with Crippen LogP contribution in [0.5, 0.6) is 0 Å². The Morgan fingerprint density at radius 1 is 0.800 bits per heavy atom. The van der Waals surface area contributed by atoms with Gasteiger partial charge in [-0.05, 0) is 36.1 Å². The average Bonchev–Trinajstić information content (AvgIpc) is 2.61. The summed E-state index contributed by atoms with van der Waals surface area (Å²) < 4.78 is 0. The molecule has 108 valence electrons. The number of hydrogen-bond donors (Lipinski definition) is 0. The SMILES string of the molecule is Cl.Cl.c1ccc(CN2CCCc3ccccc3C2)cc1. The molecule has 1 heterocycles. The molecule has 0 radical (unpaired) electrons. The highest BCUT2D eigenvalue weighted by molar-refractivity contribution is 5.85. The van der Waals surface area contributed by atoms with Crippen molar-refractivity contribution in [3.63, 3.8) is 0 Å². The van der Waals surface area contributed by atoms with Crippen molar-refractivity contribution in [3.05, 3.63) is 71.3 Å². The molecule has 0 saturated heterocycles. The Morgan fingerprint density at radius 2 is 1.45 bits per heavy atom. The number of halogens is 2. The van der Waals surface area contributed by atoms with Crippen LogP contribution in [0.2, 0.25) is 0 Å². The molecule has 20 heavy (non-hydrogen) atoms. The normalized spacial score (nSPS) is 14.4. The van der Waals surface area contributed by atoms with Crippen LogP contribution in [0.1, 0.15) is 23.1 Å². The maximum atomic E-state index is 2.56. The van der Waals surface area contributed by atoms with E-state index in [0.717, 1.165) is 13.1 Å². The minimum Gasteiger partial charge on any atom is -0.295 e. The van der Waals surface area contributed by atoms with Gasteiger partial charge in [0.1, 0.15) is 0 Å². The molecule has 0 atom stereocenters. The molecule has 0 unspecified atom stereocenters.